The van der Waals surface area contributed by atoms with Crippen LogP contribution >= 0.6 is 0 Å². The Morgan fingerprint density at radius 1 is 1.20 bits per heavy atom. The van der Waals surface area contributed by atoms with E-state index in [0.717, 1.165) is 0 Å². The van der Waals surface area contributed by atoms with E-state index >= 15 is 0 Å². The average Bonchev–Trinajstić information content (AvgIpc) is 1.90. The van der Waals surface area contributed by atoms with E-state index in [2.05, 4.69) is 0 Å². The Bertz CT molecular complexity index is 54.4. The van der Waals surface area contributed by atoms with Crippen molar-refractivity contribution in [3.63, 3.8) is 0 Å². The van der Waals surface area contributed by atoms with Gasteiger partial charge < -0.3 is 4.74 Å². The van der Waals surface area contributed by atoms with Crippen molar-refractivity contribution in [1.29, 1.82) is 0 Å². The molecular formula is C7H14F2O. The standard InChI is InChI=1S/C7H14F2O/c1-2-10-7(3-5-8)4-6-9/h7H,2-6H2,1H3. The fourth-order valence-electron chi connectivity index (χ4n) is 0.790. The first kappa shape index (κ1) is 9.82. The van der Waals surface area contributed by atoms with Crippen LogP contribution < -0.4 is 0 Å². The Hall–Kier alpha value is -0.180. The first-order chi connectivity index (χ1) is 4.85. The van der Waals surface area contributed by atoms with Crippen molar-refractivity contribution >= 4 is 0 Å². The second-order valence-corrected chi connectivity index (χ2v) is 2.03. The molecule has 0 aromatic rings. The van der Waals surface area contributed by atoms with E-state index in [-0.39, 0.29) is 6.10 Å². The lowest BCUT2D eigenvalue weighted by Gasteiger charge is -2.12. The molecular weight excluding hydrogens is 138 g/mol. The summed E-state index contributed by atoms with van der Waals surface area (Å²) in [6.07, 6.45) is 0.412. The summed E-state index contributed by atoms with van der Waals surface area (Å²) in [5.41, 5.74) is 0. The molecule has 0 N–H and O–H groups in total. The highest BCUT2D eigenvalue weighted by Gasteiger charge is 2.06. The van der Waals surface area contributed by atoms with Gasteiger partial charge in [-0.3, -0.25) is 8.78 Å². The maximum Gasteiger partial charge on any atom is 0.0919 e. The largest absolute Gasteiger partial charge is 0.378 e. The van der Waals surface area contributed by atoms with Gasteiger partial charge in [0.15, 0.2) is 0 Å². The molecule has 10 heavy (non-hydrogen) atoms. The van der Waals surface area contributed by atoms with Gasteiger partial charge in [0.25, 0.3) is 0 Å². The predicted octanol–water partition coefficient (Wildman–Crippen LogP) is 2.11. The number of ether oxygens (including phenoxy) is 1. The number of hydrogen-bond donors (Lipinski definition) is 0. The van der Waals surface area contributed by atoms with Gasteiger partial charge >= 0.3 is 0 Å². The average molecular weight is 152 g/mol. The third-order valence-corrected chi connectivity index (χ3v) is 1.26. The van der Waals surface area contributed by atoms with Crippen LogP contribution in [-0.2, 0) is 4.74 Å². The molecule has 0 saturated carbocycles. The van der Waals surface area contributed by atoms with E-state index in [0.29, 0.717) is 19.4 Å². The maximum absolute atomic E-state index is 11.7. The van der Waals surface area contributed by atoms with Gasteiger partial charge in [-0.25, -0.2) is 0 Å². The van der Waals surface area contributed by atoms with Gasteiger partial charge in [-0.1, -0.05) is 0 Å². The van der Waals surface area contributed by atoms with Crippen LogP contribution in [0.25, 0.3) is 0 Å². The molecule has 0 heterocycles. The molecule has 0 rings (SSSR count). The molecule has 0 atom stereocenters. The van der Waals surface area contributed by atoms with E-state index in [1.807, 2.05) is 6.92 Å². The van der Waals surface area contributed by atoms with E-state index < -0.39 is 13.3 Å². The molecule has 3 heteroatoms. The molecule has 0 aliphatic carbocycles. The zero-order chi connectivity index (χ0) is 7.82. The third kappa shape index (κ3) is 4.68. The highest BCUT2D eigenvalue weighted by molar-refractivity contribution is 4.55. The van der Waals surface area contributed by atoms with Gasteiger partial charge in [0.05, 0.1) is 19.5 Å². The molecule has 62 valence electrons. The molecule has 0 unspecified atom stereocenters. The topological polar surface area (TPSA) is 9.23 Å². The van der Waals surface area contributed by atoms with Crippen LogP contribution in [0.15, 0.2) is 0 Å². The summed E-state index contributed by atoms with van der Waals surface area (Å²) in [4.78, 5) is 0. The van der Waals surface area contributed by atoms with Gasteiger partial charge in [0.2, 0.25) is 0 Å². The number of rotatable bonds is 6. The Morgan fingerprint density at radius 2 is 1.70 bits per heavy atom. The summed E-state index contributed by atoms with van der Waals surface area (Å²) in [7, 11) is 0. The van der Waals surface area contributed by atoms with Crippen LogP contribution in [-0.4, -0.2) is 26.1 Å². The van der Waals surface area contributed by atoms with Gasteiger partial charge in [-0.2, -0.15) is 0 Å². The molecule has 0 radical (unpaired) electrons. The third-order valence-electron chi connectivity index (χ3n) is 1.26. The quantitative estimate of drug-likeness (QED) is 0.566. The number of alkyl halides is 2. The molecule has 0 spiro atoms. The summed E-state index contributed by atoms with van der Waals surface area (Å²) >= 11 is 0. The molecule has 0 aromatic carbocycles. The monoisotopic (exact) mass is 152 g/mol. The first-order valence-corrected chi connectivity index (χ1v) is 3.58. The van der Waals surface area contributed by atoms with Crippen molar-refractivity contribution in [3.05, 3.63) is 0 Å². The molecule has 1 nitrogen and oxygen atoms in total. The van der Waals surface area contributed by atoms with Crippen LogP contribution in [0.3, 0.4) is 0 Å². The minimum Gasteiger partial charge on any atom is -0.378 e. The normalized spacial score (nSPS) is 10.8. The van der Waals surface area contributed by atoms with Crippen LogP contribution in [0.2, 0.25) is 0 Å². The molecule has 0 amide bonds. The summed E-state index contributed by atoms with van der Waals surface area (Å²) < 4.78 is 28.4. The van der Waals surface area contributed by atoms with Crippen LogP contribution in [0.5, 0.6) is 0 Å². The Morgan fingerprint density at radius 3 is 2.00 bits per heavy atom. The molecule has 0 aliphatic heterocycles. The van der Waals surface area contributed by atoms with E-state index in [4.69, 9.17) is 4.74 Å². The molecule has 0 fully saturated rings. The second-order valence-electron chi connectivity index (χ2n) is 2.03. The number of hydrogen-bond acceptors (Lipinski definition) is 1. The minimum atomic E-state index is -0.426. The van der Waals surface area contributed by atoms with E-state index in [1.165, 1.54) is 0 Å². The van der Waals surface area contributed by atoms with E-state index in [9.17, 15) is 8.78 Å². The van der Waals surface area contributed by atoms with Crippen molar-refractivity contribution in [2.45, 2.75) is 25.9 Å². The fraction of sp³-hybridized carbons (Fsp3) is 1.00. The Labute approximate surface area is 60.4 Å². The van der Waals surface area contributed by atoms with E-state index in [1.54, 1.807) is 0 Å². The van der Waals surface area contributed by atoms with Crippen molar-refractivity contribution in [2.24, 2.45) is 0 Å². The van der Waals surface area contributed by atoms with Gasteiger partial charge in [-0.05, 0) is 6.92 Å². The Balaban J connectivity index is 3.30. The summed E-state index contributed by atoms with van der Waals surface area (Å²) in [6.45, 7) is 1.50. The minimum absolute atomic E-state index is 0.222. The van der Waals surface area contributed by atoms with Crippen molar-refractivity contribution in [1.82, 2.24) is 0 Å². The highest BCUT2D eigenvalue weighted by atomic mass is 19.1. The smallest absolute Gasteiger partial charge is 0.0919 e. The lowest BCUT2D eigenvalue weighted by Crippen LogP contribution is -2.14. The molecule has 0 bridgehead atoms. The summed E-state index contributed by atoms with van der Waals surface area (Å²) in [5, 5.41) is 0. The van der Waals surface area contributed by atoms with Crippen LogP contribution in [0, 0.1) is 0 Å². The highest BCUT2D eigenvalue weighted by Crippen LogP contribution is 2.04. The summed E-state index contributed by atoms with van der Waals surface area (Å²) in [5.74, 6) is 0. The van der Waals surface area contributed by atoms with Crippen LogP contribution in [0.4, 0.5) is 8.78 Å². The second kappa shape index (κ2) is 6.93. The molecule has 0 aliphatic rings. The SMILES string of the molecule is CCOC(CCF)CCF. The van der Waals surface area contributed by atoms with Gasteiger partial charge in [0.1, 0.15) is 0 Å². The zero-order valence-corrected chi connectivity index (χ0v) is 6.28. The Kier molecular flexibility index (Phi) is 6.81. The fourth-order valence-corrected chi connectivity index (χ4v) is 0.790. The van der Waals surface area contributed by atoms with Gasteiger partial charge in [0, 0.05) is 19.4 Å². The maximum atomic E-state index is 11.7. The van der Waals surface area contributed by atoms with Crippen molar-refractivity contribution in [2.75, 3.05) is 20.0 Å². The lowest BCUT2D eigenvalue weighted by molar-refractivity contribution is 0.0417. The molecule has 0 saturated heterocycles. The zero-order valence-electron chi connectivity index (χ0n) is 6.28. The number of halogens is 2. The van der Waals surface area contributed by atoms with Crippen LogP contribution in [0.1, 0.15) is 19.8 Å². The lowest BCUT2D eigenvalue weighted by atomic mass is 10.2. The van der Waals surface area contributed by atoms with Crippen molar-refractivity contribution < 1.29 is 13.5 Å². The molecule has 0 aromatic heterocycles. The summed E-state index contributed by atoms with van der Waals surface area (Å²) in [6, 6.07) is 0. The first-order valence-electron chi connectivity index (χ1n) is 3.58. The van der Waals surface area contributed by atoms with Gasteiger partial charge in [-0.15, -0.1) is 0 Å². The van der Waals surface area contributed by atoms with Crippen molar-refractivity contribution in [3.8, 4) is 0 Å². The predicted molar refractivity (Wildman–Crippen MR) is 36.6 cm³/mol.